The molecule has 0 atom stereocenters. The molecular formula is C21H32F3N5O4. The van der Waals surface area contributed by atoms with Crippen LogP contribution < -0.4 is 16.0 Å². The summed E-state index contributed by atoms with van der Waals surface area (Å²) in [5, 5.41) is 11.7. The van der Waals surface area contributed by atoms with Gasteiger partial charge in [0.15, 0.2) is 0 Å². The summed E-state index contributed by atoms with van der Waals surface area (Å²) in [6, 6.07) is 0. The van der Waals surface area contributed by atoms with Crippen molar-refractivity contribution in [2.45, 2.75) is 70.8 Å². The molecule has 2 fully saturated rings. The number of hydrogen-bond acceptors (Lipinski definition) is 6. The first-order valence-corrected chi connectivity index (χ1v) is 11.3. The number of halogens is 3. The van der Waals surface area contributed by atoms with Gasteiger partial charge in [0.25, 0.3) is 0 Å². The highest BCUT2D eigenvalue weighted by atomic mass is 19.4. The topological polar surface area (TPSA) is 101 Å². The first-order valence-electron chi connectivity index (χ1n) is 11.3. The lowest BCUT2D eigenvalue weighted by molar-refractivity contribution is -0.192. The van der Waals surface area contributed by atoms with Crippen LogP contribution in [0.3, 0.4) is 0 Å². The maximum atomic E-state index is 12.6. The second kappa shape index (κ2) is 9.47. The van der Waals surface area contributed by atoms with E-state index in [1.165, 1.54) is 11.1 Å². The lowest BCUT2D eigenvalue weighted by Gasteiger charge is -2.43. The Balaban J connectivity index is 0.000000383. The van der Waals surface area contributed by atoms with Crippen LogP contribution in [0.1, 0.15) is 46.0 Å². The number of carboxylic acids is 1. The Labute approximate surface area is 189 Å². The van der Waals surface area contributed by atoms with Crippen LogP contribution in [0, 0.1) is 11.8 Å². The molecule has 4 rings (SSSR count). The number of anilines is 1. The summed E-state index contributed by atoms with van der Waals surface area (Å²) in [6.45, 7) is 8.96. The number of alkyl halides is 3. The highest BCUT2D eigenvalue weighted by molar-refractivity contribution is 5.73. The number of hydrogen-bond donors (Lipinski definition) is 1. The maximum absolute atomic E-state index is 12.6. The molecule has 1 aliphatic carbocycles. The molecule has 0 aromatic carbocycles. The minimum absolute atomic E-state index is 0.0707. The van der Waals surface area contributed by atoms with Crippen LogP contribution in [0.5, 0.6) is 0 Å². The molecule has 2 aliphatic heterocycles. The Hall–Kier alpha value is -2.37. The summed E-state index contributed by atoms with van der Waals surface area (Å²) in [6.07, 6.45) is 0.449. The van der Waals surface area contributed by atoms with E-state index >= 15 is 0 Å². The van der Waals surface area contributed by atoms with E-state index in [0.717, 1.165) is 51.2 Å². The molecule has 1 aromatic heterocycles. The van der Waals surface area contributed by atoms with Crippen molar-refractivity contribution in [2.24, 2.45) is 11.8 Å². The van der Waals surface area contributed by atoms with Gasteiger partial charge in [-0.3, -0.25) is 14.2 Å². The van der Waals surface area contributed by atoms with Gasteiger partial charge in [-0.05, 0) is 50.5 Å². The van der Waals surface area contributed by atoms with Crippen molar-refractivity contribution in [3.05, 3.63) is 20.7 Å². The average Bonchev–Trinajstić information content (AvgIpc) is 3.52. The second-order valence-electron chi connectivity index (χ2n) is 9.73. The van der Waals surface area contributed by atoms with Crippen molar-refractivity contribution in [3.63, 3.8) is 0 Å². The zero-order valence-corrected chi connectivity index (χ0v) is 19.3. The number of likely N-dealkylation sites (tertiary alicyclic amines) is 1. The summed E-state index contributed by atoms with van der Waals surface area (Å²) in [5.41, 5.74) is -0.930. The molecule has 1 saturated carbocycles. The predicted molar refractivity (Wildman–Crippen MR) is 115 cm³/mol. The van der Waals surface area contributed by atoms with Crippen molar-refractivity contribution in [2.75, 3.05) is 31.6 Å². The van der Waals surface area contributed by atoms with Crippen molar-refractivity contribution < 1.29 is 23.1 Å². The van der Waals surface area contributed by atoms with Crippen LogP contribution in [0.15, 0.2) is 9.59 Å². The highest BCUT2D eigenvalue weighted by Gasteiger charge is 2.46. The van der Waals surface area contributed by atoms with Crippen molar-refractivity contribution in [1.82, 2.24) is 19.2 Å². The fourth-order valence-electron chi connectivity index (χ4n) is 4.32. The quantitative estimate of drug-likeness (QED) is 0.648. The Morgan fingerprint density at radius 1 is 1.18 bits per heavy atom. The van der Waals surface area contributed by atoms with Crippen LogP contribution in [0.2, 0.25) is 0 Å². The molecule has 12 heteroatoms. The summed E-state index contributed by atoms with van der Waals surface area (Å²) < 4.78 is 34.8. The zero-order chi connectivity index (χ0) is 24.6. The van der Waals surface area contributed by atoms with Gasteiger partial charge in [-0.1, -0.05) is 13.8 Å². The fraction of sp³-hybridized carbons (Fsp3) is 0.810. The van der Waals surface area contributed by atoms with Gasteiger partial charge in [0.05, 0.1) is 12.1 Å². The number of nitrogens with zero attached hydrogens (tertiary/aromatic N) is 5. The van der Waals surface area contributed by atoms with Gasteiger partial charge in [0.1, 0.15) is 0 Å². The molecule has 33 heavy (non-hydrogen) atoms. The highest BCUT2D eigenvalue weighted by Crippen LogP contribution is 2.37. The molecule has 1 saturated heterocycles. The molecule has 0 bridgehead atoms. The lowest BCUT2D eigenvalue weighted by atomic mass is 9.87. The third-order valence-corrected chi connectivity index (χ3v) is 6.76. The van der Waals surface area contributed by atoms with Gasteiger partial charge in [-0.15, -0.1) is 5.10 Å². The van der Waals surface area contributed by atoms with E-state index in [1.807, 2.05) is 7.05 Å². The number of likely N-dealkylation sites (N-methyl/N-ethyl adjacent to an activating group) is 1. The van der Waals surface area contributed by atoms with Crippen molar-refractivity contribution >= 4 is 11.9 Å². The van der Waals surface area contributed by atoms with Crippen LogP contribution in [-0.4, -0.2) is 68.7 Å². The standard InChI is InChI=1S/C19H31N5O2.C2HF3O2/c1-14(2)6-9-22-10-7-19(8-11-22)13-23-16(25)17(26)24(12-15-4-5-15)20-18(23)21(19)3;3-2(4,5)1(6)7/h14-15H,4-13H2,1-3H3;(H,6,7). The van der Waals surface area contributed by atoms with Crippen LogP contribution in [0.25, 0.3) is 0 Å². The summed E-state index contributed by atoms with van der Waals surface area (Å²) >= 11 is 0. The number of carboxylic acid groups (broad SMARTS) is 1. The van der Waals surface area contributed by atoms with Gasteiger partial charge >= 0.3 is 23.3 Å². The molecular weight excluding hydrogens is 443 g/mol. The van der Waals surface area contributed by atoms with E-state index < -0.39 is 23.3 Å². The van der Waals surface area contributed by atoms with E-state index in [4.69, 9.17) is 9.90 Å². The summed E-state index contributed by atoms with van der Waals surface area (Å²) in [4.78, 5) is 38.7. The van der Waals surface area contributed by atoms with Crippen LogP contribution in [0.4, 0.5) is 19.1 Å². The van der Waals surface area contributed by atoms with E-state index in [1.54, 1.807) is 4.57 Å². The Morgan fingerprint density at radius 2 is 1.76 bits per heavy atom. The average molecular weight is 476 g/mol. The number of aromatic nitrogens is 3. The number of rotatable bonds is 5. The molecule has 1 aromatic rings. The SMILES string of the molecule is CC(C)CCN1CCC2(CC1)Cn1c(nn(CC3CC3)c(=O)c1=O)N2C.O=C(O)C(F)(F)F. The Bertz CT molecular complexity index is 976. The molecule has 3 heterocycles. The second-order valence-corrected chi connectivity index (χ2v) is 9.73. The van der Waals surface area contributed by atoms with Crippen molar-refractivity contribution in [3.8, 4) is 0 Å². The summed E-state index contributed by atoms with van der Waals surface area (Å²) in [7, 11) is 2.04. The monoisotopic (exact) mass is 475 g/mol. The maximum Gasteiger partial charge on any atom is 0.490 e. The molecule has 1 spiro atoms. The van der Waals surface area contributed by atoms with E-state index in [-0.39, 0.29) is 5.54 Å². The number of fused-ring (bicyclic) bond motifs is 1. The predicted octanol–water partition coefficient (Wildman–Crippen LogP) is 1.78. The van der Waals surface area contributed by atoms with Gasteiger partial charge < -0.3 is 14.9 Å². The minimum atomic E-state index is -5.08. The van der Waals surface area contributed by atoms with E-state index in [2.05, 4.69) is 28.7 Å². The first kappa shape index (κ1) is 25.3. The van der Waals surface area contributed by atoms with Gasteiger partial charge in [-0.2, -0.15) is 13.2 Å². The van der Waals surface area contributed by atoms with Gasteiger partial charge in [-0.25, -0.2) is 9.48 Å². The molecule has 9 nitrogen and oxygen atoms in total. The molecule has 0 unspecified atom stereocenters. The molecule has 3 aliphatic rings. The molecule has 0 amide bonds. The third-order valence-electron chi connectivity index (χ3n) is 6.76. The van der Waals surface area contributed by atoms with Crippen molar-refractivity contribution in [1.29, 1.82) is 0 Å². The smallest absolute Gasteiger partial charge is 0.475 e. The van der Waals surface area contributed by atoms with Gasteiger partial charge in [0, 0.05) is 26.7 Å². The third kappa shape index (κ3) is 5.77. The number of piperidine rings is 1. The first-order chi connectivity index (χ1) is 15.3. The summed E-state index contributed by atoms with van der Waals surface area (Å²) in [5.74, 6) is -0.838. The Morgan fingerprint density at radius 3 is 2.24 bits per heavy atom. The minimum Gasteiger partial charge on any atom is -0.475 e. The van der Waals surface area contributed by atoms with E-state index in [0.29, 0.717) is 25.0 Å². The van der Waals surface area contributed by atoms with Gasteiger partial charge in [0.2, 0.25) is 5.95 Å². The Kier molecular flexibility index (Phi) is 7.25. The largest absolute Gasteiger partial charge is 0.490 e. The van der Waals surface area contributed by atoms with Crippen LogP contribution in [-0.2, 0) is 17.9 Å². The molecule has 186 valence electrons. The number of carbonyl (C=O) groups is 1. The normalized spacial score (nSPS) is 20.0. The van der Waals surface area contributed by atoms with E-state index in [9.17, 15) is 22.8 Å². The molecule has 1 N–H and O–H groups in total. The fourth-order valence-corrected chi connectivity index (χ4v) is 4.32. The molecule has 0 radical (unpaired) electrons. The number of aliphatic carboxylic acids is 1. The lowest BCUT2D eigenvalue weighted by Crippen LogP contribution is -2.53. The van der Waals surface area contributed by atoms with Crippen LogP contribution >= 0.6 is 0 Å². The zero-order valence-electron chi connectivity index (χ0n) is 19.3.